The molecule has 112 valence electrons. The maximum absolute atomic E-state index is 13.2. The molecule has 0 atom stereocenters. The van der Waals surface area contributed by atoms with Gasteiger partial charge in [-0.3, -0.25) is 0 Å². The monoisotopic (exact) mass is 298 g/mol. The second-order valence-electron chi connectivity index (χ2n) is 5.54. The molecule has 3 rings (SSSR count). The lowest BCUT2D eigenvalue weighted by Gasteiger charge is -2.35. The van der Waals surface area contributed by atoms with Crippen molar-refractivity contribution >= 4 is 17.0 Å². The van der Waals surface area contributed by atoms with E-state index in [1.54, 1.807) is 0 Å². The summed E-state index contributed by atoms with van der Waals surface area (Å²) in [7, 11) is 0. The number of carbonyl (C=O) groups is 1. The van der Waals surface area contributed by atoms with Crippen LogP contribution in [0, 0.1) is 5.92 Å². The number of nitrogens with zero attached hydrogens (tertiary/aromatic N) is 2. The number of carboxylic acid groups (broad SMARTS) is 1. The van der Waals surface area contributed by atoms with Gasteiger partial charge in [0.2, 0.25) is 5.82 Å². The van der Waals surface area contributed by atoms with Crippen molar-refractivity contribution in [2.24, 2.45) is 5.92 Å². The molecule has 1 aromatic carbocycles. The molecule has 2 aromatic rings. The smallest absolute Gasteiger partial charge is 0.449 e. The number of fused-ring (bicyclic) bond motifs is 1. The van der Waals surface area contributed by atoms with E-state index in [1.165, 1.54) is 18.2 Å². The van der Waals surface area contributed by atoms with Gasteiger partial charge in [0.15, 0.2) is 0 Å². The average Bonchev–Trinajstić information content (AvgIpc) is 2.72. The van der Waals surface area contributed by atoms with Gasteiger partial charge in [-0.1, -0.05) is 6.92 Å². The highest BCUT2D eigenvalue weighted by Crippen LogP contribution is 2.43. The van der Waals surface area contributed by atoms with Crippen molar-refractivity contribution in [2.45, 2.75) is 32.0 Å². The highest BCUT2D eigenvalue weighted by Gasteiger charge is 2.41. The molecule has 1 aromatic heterocycles. The van der Waals surface area contributed by atoms with Gasteiger partial charge >= 0.3 is 12.1 Å². The minimum atomic E-state index is -4.55. The van der Waals surface area contributed by atoms with E-state index in [2.05, 4.69) is 4.98 Å². The molecule has 0 spiro atoms. The topological polar surface area (TPSA) is 55.1 Å². The Bertz CT molecular complexity index is 715. The van der Waals surface area contributed by atoms with Crippen molar-refractivity contribution in [3.63, 3.8) is 0 Å². The molecule has 1 N–H and O–H groups in total. The van der Waals surface area contributed by atoms with Crippen molar-refractivity contribution in [1.29, 1.82) is 0 Å². The fourth-order valence-corrected chi connectivity index (χ4v) is 2.87. The SMILES string of the molecule is CC1CC(n2c(C(F)(F)F)nc3ccc(C(=O)O)cc32)C1. The Kier molecular flexibility index (Phi) is 2.96. The van der Waals surface area contributed by atoms with E-state index in [4.69, 9.17) is 5.11 Å². The van der Waals surface area contributed by atoms with E-state index in [9.17, 15) is 18.0 Å². The third-order valence-electron chi connectivity index (χ3n) is 3.90. The van der Waals surface area contributed by atoms with Gasteiger partial charge in [-0.15, -0.1) is 0 Å². The van der Waals surface area contributed by atoms with Gasteiger partial charge < -0.3 is 9.67 Å². The third-order valence-corrected chi connectivity index (χ3v) is 3.90. The van der Waals surface area contributed by atoms with Crippen LogP contribution in [0.15, 0.2) is 18.2 Å². The van der Waals surface area contributed by atoms with Crippen LogP contribution < -0.4 is 0 Å². The summed E-state index contributed by atoms with van der Waals surface area (Å²) in [5.41, 5.74) is 0.371. The molecule has 0 bridgehead atoms. The summed E-state index contributed by atoms with van der Waals surface area (Å²) in [6, 6.07) is 3.59. The van der Waals surface area contributed by atoms with Crippen LogP contribution in [0.2, 0.25) is 0 Å². The zero-order valence-electron chi connectivity index (χ0n) is 11.2. The standard InChI is InChI=1S/C14H13F3N2O2/c1-7-4-9(5-7)19-11-6-8(12(20)21)2-3-10(11)18-13(19)14(15,16)17/h2-3,6-7,9H,4-5H2,1H3,(H,20,21). The van der Waals surface area contributed by atoms with E-state index in [0.29, 0.717) is 18.8 Å². The molecule has 0 amide bonds. The van der Waals surface area contributed by atoms with Crippen LogP contribution in [-0.4, -0.2) is 20.6 Å². The van der Waals surface area contributed by atoms with E-state index in [1.807, 2.05) is 6.92 Å². The van der Waals surface area contributed by atoms with E-state index in [0.717, 1.165) is 4.57 Å². The van der Waals surface area contributed by atoms with Gasteiger partial charge in [-0.05, 0) is 37.0 Å². The van der Waals surface area contributed by atoms with E-state index < -0.39 is 18.0 Å². The van der Waals surface area contributed by atoms with Crippen molar-refractivity contribution in [2.75, 3.05) is 0 Å². The van der Waals surface area contributed by atoms with Gasteiger partial charge in [0.1, 0.15) is 0 Å². The number of aromatic carboxylic acids is 1. The second kappa shape index (κ2) is 4.47. The third kappa shape index (κ3) is 2.26. The van der Waals surface area contributed by atoms with Crippen LogP contribution in [0.5, 0.6) is 0 Å². The quantitative estimate of drug-likeness (QED) is 0.919. The van der Waals surface area contributed by atoms with Crippen LogP contribution in [0.4, 0.5) is 13.2 Å². The number of benzene rings is 1. The molecule has 0 aliphatic heterocycles. The number of imidazole rings is 1. The van der Waals surface area contributed by atoms with Gasteiger partial charge in [0, 0.05) is 6.04 Å². The number of rotatable bonds is 2. The predicted octanol–water partition coefficient (Wildman–Crippen LogP) is 3.72. The first-order valence-corrected chi connectivity index (χ1v) is 6.60. The Morgan fingerprint density at radius 2 is 2.05 bits per heavy atom. The summed E-state index contributed by atoms with van der Waals surface area (Å²) >= 11 is 0. The van der Waals surface area contributed by atoms with Crippen molar-refractivity contribution in [3.8, 4) is 0 Å². The Morgan fingerprint density at radius 1 is 1.38 bits per heavy atom. The molecule has 21 heavy (non-hydrogen) atoms. The highest BCUT2D eigenvalue weighted by molar-refractivity contribution is 5.92. The first-order valence-electron chi connectivity index (χ1n) is 6.60. The number of carboxylic acids is 1. The maximum atomic E-state index is 13.2. The Balaban J connectivity index is 2.22. The van der Waals surface area contributed by atoms with E-state index >= 15 is 0 Å². The van der Waals surface area contributed by atoms with Crippen LogP contribution in [0.3, 0.4) is 0 Å². The lowest BCUT2D eigenvalue weighted by Crippen LogP contribution is -2.28. The minimum absolute atomic E-state index is 0.0373. The van der Waals surface area contributed by atoms with Crippen LogP contribution in [-0.2, 0) is 6.18 Å². The summed E-state index contributed by atoms with van der Waals surface area (Å²) in [4.78, 5) is 14.7. The molecule has 0 unspecified atom stereocenters. The summed E-state index contributed by atoms with van der Waals surface area (Å²) in [5, 5.41) is 9.00. The molecule has 1 aliphatic rings. The van der Waals surface area contributed by atoms with Gasteiger partial charge in [-0.2, -0.15) is 13.2 Å². The number of hydrogen-bond donors (Lipinski definition) is 1. The number of aromatic nitrogens is 2. The zero-order chi connectivity index (χ0) is 15.4. The lowest BCUT2D eigenvalue weighted by molar-refractivity contribution is -0.148. The maximum Gasteiger partial charge on any atom is 0.449 e. The zero-order valence-corrected chi connectivity index (χ0v) is 11.2. The van der Waals surface area contributed by atoms with Crippen LogP contribution >= 0.6 is 0 Å². The molecule has 0 radical (unpaired) electrons. The minimum Gasteiger partial charge on any atom is -0.478 e. The molecular formula is C14H13F3N2O2. The first kappa shape index (κ1) is 13.9. The molecule has 0 saturated heterocycles. The average molecular weight is 298 g/mol. The summed E-state index contributed by atoms with van der Waals surface area (Å²) in [6.07, 6.45) is -3.26. The summed E-state index contributed by atoms with van der Waals surface area (Å²) in [6.45, 7) is 1.98. The molecule has 1 heterocycles. The fraction of sp³-hybridized carbons (Fsp3) is 0.429. The van der Waals surface area contributed by atoms with Crippen molar-refractivity contribution in [1.82, 2.24) is 9.55 Å². The largest absolute Gasteiger partial charge is 0.478 e. The Morgan fingerprint density at radius 3 is 2.57 bits per heavy atom. The highest BCUT2D eigenvalue weighted by atomic mass is 19.4. The van der Waals surface area contributed by atoms with Crippen LogP contribution in [0.25, 0.3) is 11.0 Å². The molecule has 1 saturated carbocycles. The molecule has 1 fully saturated rings. The summed E-state index contributed by atoms with van der Waals surface area (Å²) < 4.78 is 40.6. The number of alkyl halides is 3. The van der Waals surface area contributed by atoms with Crippen LogP contribution in [0.1, 0.15) is 42.0 Å². The van der Waals surface area contributed by atoms with Gasteiger partial charge in [0.25, 0.3) is 0 Å². The Hall–Kier alpha value is -2.05. The van der Waals surface area contributed by atoms with Crippen molar-refractivity contribution < 1.29 is 23.1 Å². The Labute approximate surface area is 118 Å². The molecule has 4 nitrogen and oxygen atoms in total. The fourth-order valence-electron chi connectivity index (χ4n) is 2.87. The predicted molar refractivity (Wildman–Crippen MR) is 69.1 cm³/mol. The first-order chi connectivity index (χ1) is 9.77. The lowest BCUT2D eigenvalue weighted by atomic mass is 9.81. The number of hydrogen-bond acceptors (Lipinski definition) is 2. The van der Waals surface area contributed by atoms with Gasteiger partial charge in [-0.25, -0.2) is 9.78 Å². The normalized spacial score (nSPS) is 22.3. The van der Waals surface area contributed by atoms with E-state index in [-0.39, 0.29) is 22.6 Å². The molecular weight excluding hydrogens is 285 g/mol. The second-order valence-corrected chi connectivity index (χ2v) is 5.54. The summed E-state index contributed by atoms with van der Waals surface area (Å²) in [5.74, 6) is -1.74. The molecule has 1 aliphatic carbocycles. The van der Waals surface area contributed by atoms with Crippen molar-refractivity contribution in [3.05, 3.63) is 29.6 Å². The molecule has 7 heteroatoms. The number of halogens is 3. The van der Waals surface area contributed by atoms with Gasteiger partial charge in [0.05, 0.1) is 16.6 Å².